The Morgan fingerprint density at radius 2 is 1.70 bits per heavy atom. The van der Waals surface area contributed by atoms with Crippen molar-refractivity contribution in [1.29, 1.82) is 0 Å². The molecule has 3 amide bonds. The van der Waals surface area contributed by atoms with Crippen molar-refractivity contribution in [2.45, 2.75) is 45.7 Å². The average Bonchev–Trinajstić information content (AvgIpc) is 3.66. The molecule has 1 N–H and O–H groups in total. The lowest BCUT2D eigenvalue weighted by atomic mass is 10.1. The average molecular weight is 522 g/mol. The second kappa shape index (κ2) is 12.1. The predicted molar refractivity (Wildman–Crippen MR) is 148 cm³/mol. The van der Waals surface area contributed by atoms with Crippen LogP contribution in [0, 0.1) is 13.8 Å². The van der Waals surface area contributed by atoms with Gasteiger partial charge >= 0.3 is 6.03 Å². The molecule has 8 heteroatoms. The summed E-state index contributed by atoms with van der Waals surface area (Å²) < 4.78 is 10.8. The van der Waals surface area contributed by atoms with Crippen molar-refractivity contribution in [3.8, 4) is 11.5 Å². The van der Waals surface area contributed by atoms with Crippen LogP contribution in [0.2, 0.25) is 0 Å². The molecule has 1 saturated carbocycles. The monoisotopic (exact) mass is 521 g/mol. The van der Waals surface area contributed by atoms with Gasteiger partial charge in [-0.3, -0.25) is 4.79 Å². The van der Waals surface area contributed by atoms with Gasteiger partial charge in [-0.1, -0.05) is 23.8 Å². The van der Waals surface area contributed by atoms with Crippen LogP contribution in [0.25, 0.3) is 0 Å². The van der Waals surface area contributed by atoms with Crippen molar-refractivity contribution < 1.29 is 19.1 Å². The first-order valence-electron chi connectivity index (χ1n) is 12.5. The Labute approximate surface area is 223 Å². The highest BCUT2D eigenvalue weighted by molar-refractivity contribution is 7.11. The van der Waals surface area contributed by atoms with Gasteiger partial charge in [0.15, 0.2) is 11.5 Å². The lowest BCUT2D eigenvalue weighted by molar-refractivity contribution is -0.132. The second-order valence-electron chi connectivity index (χ2n) is 9.42. The number of aryl methyl sites for hydroxylation is 2. The van der Waals surface area contributed by atoms with Crippen LogP contribution in [0.1, 0.15) is 33.7 Å². The number of ether oxygens (including phenoxy) is 2. The highest BCUT2D eigenvalue weighted by Gasteiger charge is 2.35. The van der Waals surface area contributed by atoms with Crippen LogP contribution in [0.4, 0.5) is 10.5 Å². The molecular formula is C29H35N3O4S. The molecule has 37 heavy (non-hydrogen) atoms. The lowest BCUT2D eigenvalue weighted by Gasteiger charge is -2.28. The minimum atomic E-state index is -0.230. The molecule has 0 unspecified atom stereocenters. The molecule has 196 valence electrons. The van der Waals surface area contributed by atoms with Crippen LogP contribution in [0.3, 0.4) is 0 Å². The molecule has 1 aliphatic rings. The summed E-state index contributed by atoms with van der Waals surface area (Å²) >= 11 is 1.69. The first-order valence-corrected chi connectivity index (χ1v) is 13.4. The minimum Gasteiger partial charge on any atom is -0.493 e. The number of anilines is 1. The SMILES string of the molecule is COc1ccc(CCN(Cc2ccc(C)s2)C(=O)CN(C(=O)Nc2ccc(C)cc2)C2CC2)cc1OC. The summed E-state index contributed by atoms with van der Waals surface area (Å²) in [4.78, 5) is 32.6. The van der Waals surface area contributed by atoms with Gasteiger partial charge in [0.05, 0.1) is 20.8 Å². The number of rotatable bonds is 11. The third-order valence-corrected chi connectivity index (χ3v) is 7.46. The Balaban J connectivity index is 1.47. The summed E-state index contributed by atoms with van der Waals surface area (Å²) in [6, 6.07) is 17.5. The van der Waals surface area contributed by atoms with Crippen molar-refractivity contribution in [3.63, 3.8) is 0 Å². The fourth-order valence-electron chi connectivity index (χ4n) is 4.18. The van der Waals surface area contributed by atoms with Crippen LogP contribution in [-0.2, 0) is 17.8 Å². The molecule has 7 nitrogen and oxygen atoms in total. The molecule has 1 heterocycles. The van der Waals surface area contributed by atoms with Crippen molar-refractivity contribution >= 4 is 29.0 Å². The van der Waals surface area contributed by atoms with Gasteiger partial charge in [0.25, 0.3) is 0 Å². The summed E-state index contributed by atoms with van der Waals surface area (Å²) in [6.45, 7) is 5.17. The third-order valence-electron chi connectivity index (χ3n) is 6.47. The van der Waals surface area contributed by atoms with Gasteiger partial charge in [-0.15, -0.1) is 11.3 Å². The molecule has 0 spiro atoms. The Kier molecular flexibility index (Phi) is 8.71. The molecule has 3 aromatic rings. The Morgan fingerprint density at radius 1 is 0.973 bits per heavy atom. The number of benzene rings is 2. The zero-order valence-electron chi connectivity index (χ0n) is 22.0. The molecular weight excluding hydrogens is 486 g/mol. The third kappa shape index (κ3) is 7.26. The van der Waals surface area contributed by atoms with Gasteiger partial charge in [0.1, 0.15) is 6.54 Å². The fourth-order valence-corrected chi connectivity index (χ4v) is 5.09. The molecule has 1 fully saturated rings. The van der Waals surface area contributed by atoms with Gasteiger partial charge in [0.2, 0.25) is 5.91 Å². The minimum absolute atomic E-state index is 0.0542. The van der Waals surface area contributed by atoms with Gasteiger partial charge < -0.3 is 24.6 Å². The molecule has 0 aliphatic heterocycles. The topological polar surface area (TPSA) is 71.1 Å². The normalized spacial score (nSPS) is 12.6. The van der Waals surface area contributed by atoms with E-state index in [4.69, 9.17) is 9.47 Å². The maximum Gasteiger partial charge on any atom is 0.322 e. The van der Waals surface area contributed by atoms with Gasteiger partial charge in [-0.25, -0.2) is 4.79 Å². The van der Waals surface area contributed by atoms with E-state index in [2.05, 4.69) is 24.4 Å². The van der Waals surface area contributed by atoms with E-state index in [1.165, 1.54) is 4.88 Å². The highest BCUT2D eigenvalue weighted by Crippen LogP contribution is 2.29. The summed E-state index contributed by atoms with van der Waals surface area (Å²) in [5.41, 5.74) is 2.91. The summed E-state index contributed by atoms with van der Waals surface area (Å²) in [6.07, 6.45) is 2.50. The quantitative estimate of drug-likeness (QED) is 0.354. The number of hydrogen-bond donors (Lipinski definition) is 1. The Morgan fingerprint density at radius 3 is 2.32 bits per heavy atom. The van der Waals surface area contributed by atoms with Crippen molar-refractivity contribution in [1.82, 2.24) is 9.80 Å². The van der Waals surface area contributed by atoms with Crippen LogP contribution < -0.4 is 14.8 Å². The van der Waals surface area contributed by atoms with Crippen LogP contribution >= 0.6 is 11.3 Å². The summed E-state index contributed by atoms with van der Waals surface area (Å²) in [7, 11) is 3.23. The first kappa shape index (κ1) is 26.5. The van der Waals surface area contributed by atoms with Gasteiger partial charge in [0, 0.05) is 28.0 Å². The first-order chi connectivity index (χ1) is 17.9. The molecule has 1 aliphatic carbocycles. The van der Waals surface area contributed by atoms with Crippen LogP contribution in [0.5, 0.6) is 11.5 Å². The standard InChI is InChI=1S/C29H35N3O4S/c1-20-5-9-23(10-6-20)30-29(34)32(24-11-12-24)19-28(33)31(18-25-13-7-21(2)37-25)16-15-22-8-14-26(35-3)27(17-22)36-4/h5-10,13-14,17,24H,11-12,15-16,18-19H2,1-4H3,(H,30,34). The van der Waals surface area contributed by atoms with Crippen molar-refractivity contribution in [3.05, 3.63) is 75.5 Å². The number of carbonyl (C=O) groups is 2. The highest BCUT2D eigenvalue weighted by atomic mass is 32.1. The number of nitrogens with zero attached hydrogens (tertiary/aromatic N) is 2. The van der Waals surface area contributed by atoms with E-state index in [1.54, 1.807) is 30.5 Å². The molecule has 0 atom stereocenters. The molecule has 4 rings (SSSR count). The van der Waals surface area contributed by atoms with E-state index >= 15 is 0 Å². The maximum atomic E-state index is 13.6. The van der Waals surface area contributed by atoms with Crippen LogP contribution in [-0.4, -0.2) is 55.1 Å². The predicted octanol–water partition coefficient (Wildman–Crippen LogP) is 5.65. The summed E-state index contributed by atoms with van der Waals surface area (Å²) in [5, 5.41) is 2.96. The van der Waals surface area contributed by atoms with E-state index in [-0.39, 0.29) is 24.5 Å². The van der Waals surface area contributed by atoms with E-state index in [0.717, 1.165) is 34.5 Å². The van der Waals surface area contributed by atoms with E-state index in [0.29, 0.717) is 31.0 Å². The zero-order chi connectivity index (χ0) is 26.4. The maximum absolute atomic E-state index is 13.6. The molecule has 2 aromatic carbocycles. The smallest absolute Gasteiger partial charge is 0.322 e. The number of amides is 3. The largest absolute Gasteiger partial charge is 0.493 e. The number of methoxy groups -OCH3 is 2. The Bertz CT molecular complexity index is 1220. The van der Waals surface area contributed by atoms with E-state index < -0.39 is 0 Å². The number of thiophene rings is 1. The van der Waals surface area contributed by atoms with Gasteiger partial charge in [-0.2, -0.15) is 0 Å². The second-order valence-corrected chi connectivity index (χ2v) is 10.8. The van der Waals surface area contributed by atoms with Gasteiger partial charge in [-0.05, 0) is 75.1 Å². The van der Waals surface area contributed by atoms with Crippen molar-refractivity contribution in [2.75, 3.05) is 32.6 Å². The molecule has 0 radical (unpaired) electrons. The molecule has 1 aromatic heterocycles. The van der Waals surface area contributed by atoms with E-state index in [9.17, 15) is 9.59 Å². The number of nitrogens with one attached hydrogen (secondary N) is 1. The van der Waals surface area contributed by atoms with Crippen molar-refractivity contribution in [2.24, 2.45) is 0 Å². The fraction of sp³-hybridized carbons (Fsp3) is 0.379. The Hall–Kier alpha value is -3.52. The van der Waals surface area contributed by atoms with Crippen LogP contribution in [0.15, 0.2) is 54.6 Å². The van der Waals surface area contributed by atoms with E-state index in [1.807, 2.05) is 54.3 Å². The molecule has 0 saturated heterocycles. The molecule has 0 bridgehead atoms. The lowest BCUT2D eigenvalue weighted by Crippen LogP contribution is -2.45. The summed E-state index contributed by atoms with van der Waals surface area (Å²) in [5.74, 6) is 1.28. The number of carbonyl (C=O) groups excluding carboxylic acids is 2. The number of hydrogen-bond acceptors (Lipinski definition) is 5. The zero-order valence-corrected chi connectivity index (χ0v) is 22.8. The number of urea groups is 1.